The van der Waals surface area contributed by atoms with Crippen LogP contribution in [0.5, 0.6) is 0 Å². The van der Waals surface area contributed by atoms with Gasteiger partial charge in [-0.2, -0.15) is 5.26 Å². The third kappa shape index (κ3) is 2.70. The molecule has 80 valence electrons. The smallest absolute Gasteiger partial charge is 0.117 e. The summed E-state index contributed by atoms with van der Waals surface area (Å²) < 4.78 is 0. The molecule has 0 aromatic rings. The molecule has 0 amide bonds. The minimum atomic E-state index is -0.635. The third-order valence-corrected chi connectivity index (χ3v) is 2.95. The van der Waals surface area contributed by atoms with Gasteiger partial charge in [-0.05, 0) is 46.6 Å². The summed E-state index contributed by atoms with van der Waals surface area (Å²) in [6.07, 6.45) is 3.05. The SMILES string of the molecule is CC(C)(C)N1CCCCC(N)(C#N)C1. The predicted molar refractivity (Wildman–Crippen MR) is 57.7 cm³/mol. The quantitative estimate of drug-likeness (QED) is 0.637. The lowest BCUT2D eigenvalue weighted by Gasteiger charge is -2.37. The Labute approximate surface area is 86.9 Å². The van der Waals surface area contributed by atoms with E-state index in [4.69, 9.17) is 11.0 Å². The Morgan fingerprint density at radius 1 is 1.36 bits per heavy atom. The minimum Gasteiger partial charge on any atom is -0.312 e. The van der Waals surface area contributed by atoms with Crippen LogP contribution in [0.2, 0.25) is 0 Å². The maximum Gasteiger partial charge on any atom is 0.117 e. The van der Waals surface area contributed by atoms with E-state index < -0.39 is 5.54 Å². The van der Waals surface area contributed by atoms with E-state index in [0.29, 0.717) is 6.54 Å². The van der Waals surface area contributed by atoms with Gasteiger partial charge in [-0.25, -0.2) is 0 Å². The first-order valence-corrected chi connectivity index (χ1v) is 5.33. The fourth-order valence-electron chi connectivity index (χ4n) is 1.91. The summed E-state index contributed by atoms with van der Waals surface area (Å²) in [5.74, 6) is 0. The first kappa shape index (κ1) is 11.5. The molecule has 1 unspecified atom stereocenters. The molecule has 1 atom stereocenters. The second-order valence-electron chi connectivity index (χ2n) is 5.32. The Hall–Kier alpha value is -0.590. The van der Waals surface area contributed by atoms with E-state index in [0.717, 1.165) is 25.8 Å². The van der Waals surface area contributed by atoms with Gasteiger partial charge < -0.3 is 5.73 Å². The summed E-state index contributed by atoms with van der Waals surface area (Å²) in [5.41, 5.74) is 5.52. The lowest BCUT2D eigenvalue weighted by Crippen LogP contribution is -2.53. The van der Waals surface area contributed by atoms with Crippen LogP contribution in [0.3, 0.4) is 0 Å². The molecule has 0 bridgehead atoms. The van der Waals surface area contributed by atoms with Gasteiger partial charge in [0.05, 0.1) is 6.07 Å². The molecule has 1 aliphatic heterocycles. The van der Waals surface area contributed by atoms with Gasteiger partial charge in [-0.3, -0.25) is 4.90 Å². The standard InChI is InChI=1S/C11H21N3/c1-10(2,3)14-7-5-4-6-11(13,8-12)9-14/h4-7,9,13H2,1-3H3. The highest BCUT2D eigenvalue weighted by atomic mass is 15.2. The van der Waals surface area contributed by atoms with Crippen LogP contribution < -0.4 is 5.73 Å². The van der Waals surface area contributed by atoms with Crippen molar-refractivity contribution in [3.05, 3.63) is 0 Å². The lowest BCUT2D eigenvalue weighted by atomic mass is 9.95. The van der Waals surface area contributed by atoms with Gasteiger partial charge in [0.15, 0.2) is 0 Å². The number of nitrogens with zero attached hydrogens (tertiary/aromatic N) is 2. The van der Waals surface area contributed by atoms with E-state index >= 15 is 0 Å². The molecule has 14 heavy (non-hydrogen) atoms. The van der Waals surface area contributed by atoms with Gasteiger partial charge in [0, 0.05) is 12.1 Å². The van der Waals surface area contributed by atoms with Crippen molar-refractivity contribution in [2.45, 2.75) is 51.1 Å². The summed E-state index contributed by atoms with van der Waals surface area (Å²) in [6, 6.07) is 2.26. The van der Waals surface area contributed by atoms with Gasteiger partial charge in [-0.15, -0.1) is 0 Å². The van der Waals surface area contributed by atoms with Crippen molar-refractivity contribution in [2.75, 3.05) is 13.1 Å². The Balaban J connectivity index is 2.76. The Morgan fingerprint density at radius 3 is 2.50 bits per heavy atom. The van der Waals surface area contributed by atoms with Crippen LogP contribution >= 0.6 is 0 Å². The van der Waals surface area contributed by atoms with Gasteiger partial charge >= 0.3 is 0 Å². The van der Waals surface area contributed by atoms with Crippen LogP contribution in [0.4, 0.5) is 0 Å². The van der Waals surface area contributed by atoms with Crippen molar-refractivity contribution in [1.82, 2.24) is 4.90 Å². The highest BCUT2D eigenvalue weighted by molar-refractivity contribution is 5.08. The fraction of sp³-hybridized carbons (Fsp3) is 0.909. The molecule has 1 heterocycles. The highest BCUT2D eigenvalue weighted by Crippen LogP contribution is 2.23. The zero-order valence-electron chi connectivity index (χ0n) is 9.51. The zero-order valence-corrected chi connectivity index (χ0v) is 9.51. The van der Waals surface area contributed by atoms with Crippen LogP contribution in [0.25, 0.3) is 0 Å². The lowest BCUT2D eigenvalue weighted by molar-refractivity contribution is 0.126. The minimum absolute atomic E-state index is 0.117. The van der Waals surface area contributed by atoms with Gasteiger partial charge in [0.1, 0.15) is 5.54 Å². The Bertz CT molecular complexity index is 236. The molecule has 2 N–H and O–H groups in total. The van der Waals surface area contributed by atoms with Crippen molar-refractivity contribution < 1.29 is 0 Å². The summed E-state index contributed by atoms with van der Waals surface area (Å²) in [5, 5.41) is 9.06. The zero-order chi connectivity index (χ0) is 10.8. The molecular formula is C11H21N3. The Morgan fingerprint density at radius 2 is 2.00 bits per heavy atom. The highest BCUT2D eigenvalue weighted by Gasteiger charge is 2.34. The van der Waals surface area contributed by atoms with E-state index in [2.05, 4.69) is 31.7 Å². The maximum absolute atomic E-state index is 9.06. The summed E-state index contributed by atoms with van der Waals surface area (Å²) in [6.45, 7) is 8.29. The molecule has 1 aliphatic rings. The second kappa shape index (κ2) is 3.88. The molecular weight excluding hydrogens is 174 g/mol. The summed E-state index contributed by atoms with van der Waals surface area (Å²) in [4.78, 5) is 2.32. The van der Waals surface area contributed by atoms with E-state index in [1.165, 1.54) is 0 Å². The molecule has 1 saturated heterocycles. The van der Waals surface area contributed by atoms with Crippen LogP contribution in [0.1, 0.15) is 40.0 Å². The number of likely N-dealkylation sites (tertiary alicyclic amines) is 1. The molecule has 3 nitrogen and oxygen atoms in total. The van der Waals surface area contributed by atoms with Crippen molar-refractivity contribution >= 4 is 0 Å². The monoisotopic (exact) mass is 195 g/mol. The van der Waals surface area contributed by atoms with Crippen LogP contribution in [0, 0.1) is 11.3 Å². The summed E-state index contributed by atoms with van der Waals surface area (Å²) in [7, 11) is 0. The first-order chi connectivity index (χ1) is 6.37. The average Bonchev–Trinajstić information content (AvgIpc) is 2.27. The number of rotatable bonds is 0. The molecule has 0 aliphatic carbocycles. The molecule has 0 spiro atoms. The van der Waals surface area contributed by atoms with Crippen LogP contribution in [-0.4, -0.2) is 29.1 Å². The van der Waals surface area contributed by atoms with Crippen molar-refractivity contribution in [3.8, 4) is 6.07 Å². The van der Waals surface area contributed by atoms with Crippen molar-refractivity contribution in [2.24, 2.45) is 5.73 Å². The van der Waals surface area contributed by atoms with Gasteiger partial charge in [-0.1, -0.05) is 0 Å². The summed E-state index contributed by atoms with van der Waals surface area (Å²) >= 11 is 0. The van der Waals surface area contributed by atoms with Gasteiger partial charge in [0.2, 0.25) is 0 Å². The van der Waals surface area contributed by atoms with Gasteiger partial charge in [0.25, 0.3) is 0 Å². The normalized spacial score (nSPS) is 30.8. The number of hydrogen-bond donors (Lipinski definition) is 1. The number of nitrogens with two attached hydrogens (primary N) is 1. The third-order valence-electron chi connectivity index (χ3n) is 2.95. The van der Waals surface area contributed by atoms with E-state index in [1.54, 1.807) is 0 Å². The molecule has 1 rings (SSSR count). The molecule has 0 saturated carbocycles. The Kier molecular flexibility index (Phi) is 3.18. The van der Waals surface area contributed by atoms with Crippen LogP contribution in [-0.2, 0) is 0 Å². The first-order valence-electron chi connectivity index (χ1n) is 5.33. The molecule has 0 radical (unpaired) electrons. The largest absolute Gasteiger partial charge is 0.312 e. The second-order valence-corrected chi connectivity index (χ2v) is 5.32. The molecule has 3 heteroatoms. The predicted octanol–water partition coefficient (Wildman–Crippen LogP) is 1.49. The van der Waals surface area contributed by atoms with E-state index in [-0.39, 0.29) is 5.54 Å². The van der Waals surface area contributed by atoms with Crippen molar-refractivity contribution in [3.63, 3.8) is 0 Å². The molecule has 0 aromatic carbocycles. The van der Waals surface area contributed by atoms with E-state index in [1.807, 2.05) is 0 Å². The topological polar surface area (TPSA) is 53.0 Å². The fourth-order valence-corrected chi connectivity index (χ4v) is 1.91. The van der Waals surface area contributed by atoms with E-state index in [9.17, 15) is 0 Å². The van der Waals surface area contributed by atoms with Crippen LogP contribution in [0.15, 0.2) is 0 Å². The number of hydrogen-bond acceptors (Lipinski definition) is 3. The molecule has 1 fully saturated rings. The molecule has 0 aromatic heterocycles. The average molecular weight is 195 g/mol. The van der Waals surface area contributed by atoms with Crippen molar-refractivity contribution in [1.29, 1.82) is 5.26 Å². The number of nitriles is 1. The maximum atomic E-state index is 9.06.